The van der Waals surface area contributed by atoms with Crippen LogP contribution in [-0.4, -0.2) is 56.6 Å². The van der Waals surface area contributed by atoms with Gasteiger partial charge in [0.25, 0.3) is 5.91 Å². The number of nitrogens with two attached hydrogens (primary N) is 1. The van der Waals surface area contributed by atoms with Crippen molar-refractivity contribution in [1.29, 1.82) is 0 Å². The van der Waals surface area contributed by atoms with Crippen LogP contribution in [-0.2, 0) is 17.8 Å². The number of rotatable bonds is 8. The lowest BCUT2D eigenvalue weighted by Gasteiger charge is -2.24. The molecular formula is C26H30F2N4O3S. The van der Waals surface area contributed by atoms with Crippen LogP contribution in [0.3, 0.4) is 0 Å². The number of hydrogen-bond acceptors (Lipinski definition) is 6. The molecule has 0 aliphatic carbocycles. The van der Waals surface area contributed by atoms with Crippen molar-refractivity contribution in [2.45, 2.75) is 20.0 Å². The van der Waals surface area contributed by atoms with Gasteiger partial charge in [0.1, 0.15) is 16.6 Å². The summed E-state index contributed by atoms with van der Waals surface area (Å²) in [6.07, 6.45) is -0.811. The Kier molecular flexibility index (Phi) is 8.65. The second-order valence-corrected chi connectivity index (χ2v) is 9.63. The molecular weight excluding hydrogens is 486 g/mol. The number of carbonyl (C=O) groups is 2. The van der Waals surface area contributed by atoms with Crippen molar-refractivity contribution in [3.63, 3.8) is 0 Å². The molecule has 0 saturated heterocycles. The average Bonchev–Trinajstić information content (AvgIpc) is 3.16. The second kappa shape index (κ2) is 11.5. The van der Waals surface area contributed by atoms with Gasteiger partial charge in [-0.15, -0.1) is 11.3 Å². The molecule has 1 aromatic heterocycles. The molecule has 2 N–H and O–H groups in total. The van der Waals surface area contributed by atoms with Crippen LogP contribution in [0.5, 0.6) is 0 Å². The van der Waals surface area contributed by atoms with Gasteiger partial charge in [-0.2, -0.15) is 0 Å². The van der Waals surface area contributed by atoms with Gasteiger partial charge >= 0.3 is 6.09 Å². The Morgan fingerprint density at radius 2 is 1.56 bits per heavy atom. The van der Waals surface area contributed by atoms with Crippen molar-refractivity contribution in [1.82, 2.24) is 9.80 Å². The summed E-state index contributed by atoms with van der Waals surface area (Å²) in [5, 5.41) is 0.249. The highest BCUT2D eigenvalue weighted by molar-refractivity contribution is 7.20. The van der Waals surface area contributed by atoms with Gasteiger partial charge in [-0.3, -0.25) is 9.69 Å². The molecule has 3 rings (SSSR count). The molecule has 0 saturated carbocycles. The van der Waals surface area contributed by atoms with Crippen LogP contribution in [0.2, 0.25) is 0 Å². The van der Waals surface area contributed by atoms with Crippen LogP contribution in [0, 0.1) is 11.6 Å². The first-order chi connectivity index (χ1) is 17.0. The molecule has 2 amide bonds. The third kappa shape index (κ3) is 5.83. The lowest BCUT2D eigenvalue weighted by molar-refractivity contribution is 0.0827. The quantitative estimate of drug-likeness (QED) is 0.416. The van der Waals surface area contributed by atoms with Crippen LogP contribution in [0.25, 0.3) is 10.4 Å². The fourth-order valence-corrected chi connectivity index (χ4v) is 4.98. The number of halogens is 2. The largest absolute Gasteiger partial charge is 0.449 e. The fraction of sp³-hybridized carbons (Fsp3) is 0.308. The predicted molar refractivity (Wildman–Crippen MR) is 139 cm³/mol. The van der Waals surface area contributed by atoms with E-state index in [1.807, 2.05) is 31.1 Å². The predicted octanol–water partition coefficient (Wildman–Crippen LogP) is 5.20. The number of amides is 2. The Bertz CT molecular complexity index is 1220. The summed E-state index contributed by atoms with van der Waals surface area (Å²) >= 11 is 1.19. The monoisotopic (exact) mass is 516 g/mol. The van der Waals surface area contributed by atoms with Gasteiger partial charge in [-0.05, 0) is 56.4 Å². The van der Waals surface area contributed by atoms with Gasteiger partial charge in [-0.1, -0.05) is 18.2 Å². The number of hydrogen-bond donors (Lipinski definition) is 1. The normalized spacial score (nSPS) is 11.0. The molecule has 0 bridgehead atoms. The minimum Gasteiger partial charge on any atom is -0.449 e. The molecule has 0 fully saturated rings. The minimum atomic E-state index is -0.811. The van der Waals surface area contributed by atoms with E-state index >= 15 is 0 Å². The van der Waals surface area contributed by atoms with E-state index in [1.54, 1.807) is 33.2 Å². The van der Waals surface area contributed by atoms with Crippen LogP contribution in [0.1, 0.15) is 28.4 Å². The highest BCUT2D eigenvalue weighted by atomic mass is 32.1. The second-order valence-electron chi connectivity index (χ2n) is 8.63. The van der Waals surface area contributed by atoms with Crippen molar-refractivity contribution in [2.75, 3.05) is 45.4 Å². The average molecular weight is 517 g/mol. The zero-order chi connectivity index (χ0) is 26.6. The number of ether oxygens (including phenoxy) is 1. The SMILES string of the molecule is CCOC(=O)N(Cc1c(F)cccc1F)c1sc(-c2ccc(N)cc2)c(CN(C)C)c1C(=O)N(C)C. The van der Waals surface area contributed by atoms with Crippen LogP contribution in [0.15, 0.2) is 42.5 Å². The standard InChI is InChI=1S/C26H30F2N4O3S/c1-6-35-26(34)32(15-18-20(27)8-7-9-21(18)28)25-22(24(33)31(4)5)19(14-30(2)3)23(36-25)16-10-12-17(29)13-11-16/h7-13H,6,14-15,29H2,1-5H3. The molecule has 0 atom stereocenters. The van der Waals surface area contributed by atoms with Crippen molar-refractivity contribution >= 4 is 34.0 Å². The fourth-order valence-electron chi connectivity index (χ4n) is 3.68. The molecule has 0 aliphatic heterocycles. The Balaban J connectivity index is 2.32. The summed E-state index contributed by atoms with van der Waals surface area (Å²) in [5.74, 6) is -1.94. The van der Waals surface area contributed by atoms with Crippen molar-refractivity contribution < 1.29 is 23.1 Å². The van der Waals surface area contributed by atoms with E-state index in [4.69, 9.17) is 10.5 Å². The molecule has 36 heavy (non-hydrogen) atoms. The smallest absolute Gasteiger partial charge is 0.415 e. The molecule has 10 heteroatoms. The Morgan fingerprint density at radius 3 is 2.08 bits per heavy atom. The molecule has 2 aromatic carbocycles. The highest BCUT2D eigenvalue weighted by Gasteiger charge is 2.33. The summed E-state index contributed by atoms with van der Waals surface area (Å²) in [5.41, 5.74) is 7.91. The van der Waals surface area contributed by atoms with E-state index in [1.165, 1.54) is 22.3 Å². The topological polar surface area (TPSA) is 79.1 Å². The van der Waals surface area contributed by atoms with Crippen LogP contribution >= 0.6 is 11.3 Å². The highest BCUT2D eigenvalue weighted by Crippen LogP contribution is 2.44. The summed E-state index contributed by atoms with van der Waals surface area (Å²) < 4.78 is 34.5. The van der Waals surface area contributed by atoms with Gasteiger partial charge in [0, 0.05) is 36.8 Å². The van der Waals surface area contributed by atoms with Crippen molar-refractivity contribution in [2.24, 2.45) is 0 Å². The van der Waals surface area contributed by atoms with Crippen molar-refractivity contribution in [3.05, 3.63) is 70.8 Å². The number of thiophene rings is 1. The van der Waals surface area contributed by atoms with E-state index < -0.39 is 24.3 Å². The molecule has 1 heterocycles. The maximum Gasteiger partial charge on any atom is 0.415 e. The van der Waals surface area contributed by atoms with E-state index in [-0.39, 0.29) is 28.6 Å². The lowest BCUT2D eigenvalue weighted by atomic mass is 10.0. The summed E-state index contributed by atoms with van der Waals surface area (Å²) in [6, 6.07) is 10.7. The third-order valence-corrected chi connectivity index (χ3v) is 6.67. The van der Waals surface area contributed by atoms with E-state index in [0.29, 0.717) is 17.8 Å². The summed E-state index contributed by atoms with van der Waals surface area (Å²) in [4.78, 5) is 31.8. The molecule has 7 nitrogen and oxygen atoms in total. The Hall–Kier alpha value is -3.50. The third-order valence-electron chi connectivity index (χ3n) is 5.37. The van der Waals surface area contributed by atoms with Gasteiger partial charge in [0.2, 0.25) is 0 Å². The molecule has 0 radical (unpaired) electrons. The van der Waals surface area contributed by atoms with Crippen LogP contribution in [0.4, 0.5) is 24.3 Å². The van der Waals surface area contributed by atoms with Crippen molar-refractivity contribution in [3.8, 4) is 10.4 Å². The van der Waals surface area contributed by atoms with Crippen LogP contribution < -0.4 is 10.6 Å². The molecule has 0 spiro atoms. The molecule has 3 aromatic rings. The minimum absolute atomic E-state index is 0.0484. The maximum atomic E-state index is 14.6. The number of anilines is 2. The van der Waals surface area contributed by atoms with Gasteiger partial charge in [0.05, 0.1) is 18.7 Å². The molecule has 0 aliphatic rings. The number of carbonyl (C=O) groups excluding carboxylic acids is 2. The van der Waals surface area contributed by atoms with Gasteiger partial charge in [0.15, 0.2) is 0 Å². The molecule has 0 unspecified atom stereocenters. The lowest BCUT2D eigenvalue weighted by Crippen LogP contribution is -2.34. The number of nitrogens with zero attached hydrogens (tertiary/aromatic N) is 3. The first-order valence-electron chi connectivity index (χ1n) is 11.3. The zero-order valence-corrected chi connectivity index (χ0v) is 21.8. The Morgan fingerprint density at radius 1 is 0.944 bits per heavy atom. The first kappa shape index (κ1) is 27.1. The van der Waals surface area contributed by atoms with Gasteiger partial charge in [-0.25, -0.2) is 13.6 Å². The van der Waals surface area contributed by atoms with E-state index in [9.17, 15) is 18.4 Å². The number of nitrogen functional groups attached to an aromatic ring is 1. The first-order valence-corrected chi connectivity index (χ1v) is 12.1. The maximum absolute atomic E-state index is 14.6. The zero-order valence-electron chi connectivity index (χ0n) is 21.0. The Labute approximate surface area is 213 Å². The summed E-state index contributed by atoms with van der Waals surface area (Å²) in [6.45, 7) is 1.62. The molecule has 192 valence electrons. The summed E-state index contributed by atoms with van der Waals surface area (Å²) in [7, 11) is 6.95. The number of benzene rings is 2. The van der Waals surface area contributed by atoms with E-state index in [0.717, 1.165) is 27.5 Å². The van der Waals surface area contributed by atoms with E-state index in [2.05, 4.69) is 0 Å². The van der Waals surface area contributed by atoms with Gasteiger partial charge < -0.3 is 20.3 Å².